The maximum atomic E-state index is 11.3. The van der Waals surface area contributed by atoms with Crippen molar-refractivity contribution in [2.24, 2.45) is 0 Å². The third-order valence-corrected chi connectivity index (χ3v) is 3.85. The summed E-state index contributed by atoms with van der Waals surface area (Å²) in [6.45, 7) is 0. The molecule has 1 aromatic rings. The SMILES string of the molecule is COC(=O)CCc1cc(CCC(=O)OC)cc(S(=O)(=O)O)c1. The summed E-state index contributed by atoms with van der Waals surface area (Å²) in [4.78, 5) is 22.0. The van der Waals surface area contributed by atoms with Crippen LogP contribution in [0.5, 0.6) is 0 Å². The first kappa shape index (κ1) is 18.1. The molecular weight excluding hydrogens is 312 g/mol. The van der Waals surface area contributed by atoms with Gasteiger partial charge in [0.2, 0.25) is 0 Å². The molecule has 1 aromatic carbocycles. The van der Waals surface area contributed by atoms with Crippen LogP contribution in [0.2, 0.25) is 0 Å². The lowest BCUT2D eigenvalue weighted by Crippen LogP contribution is -2.06. The Morgan fingerprint density at radius 2 is 1.36 bits per heavy atom. The number of methoxy groups -OCH3 is 2. The van der Waals surface area contributed by atoms with Gasteiger partial charge in [-0.15, -0.1) is 0 Å². The van der Waals surface area contributed by atoms with Crippen LogP contribution >= 0.6 is 0 Å². The Morgan fingerprint density at radius 1 is 0.955 bits per heavy atom. The lowest BCUT2D eigenvalue weighted by Gasteiger charge is -2.08. The van der Waals surface area contributed by atoms with Gasteiger partial charge in [0.05, 0.1) is 19.1 Å². The summed E-state index contributed by atoms with van der Waals surface area (Å²) < 4.78 is 40.8. The number of esters is 2. The number of benzene rings is 1. The summed E-state index contributed by atoms with van der Waals surface area (Å²) in [5.74, 6) is -0.846. The van der Waals surface area contributed by atoms with Crippen LogP contribution in [0.1, 0.15) is 24.0 Å². The molecule has 0 radical (unpaired) electrons. The molecule has 0 saturated heterocycles. The highest BCUT2D eigenvalue weighted by Gasteiger charge is 2.14. The molecule has 0 aliphatic carbocycles. The first-order valence-corrected chi connectivity index (χ1v) is 7.94. The molecule has 0 heterocycles. The van der Waals surface area contributed by atoms with Gasteiger partial charge in [-0.3, -0.25) is 14.1 Å². The van der Waals surface area contributed by atoms with Crippen molar-refractivity contribution < 1.29 is 32.0 Å². The van der Waals surface area contributed by atoms with Gasteiger partial charge in [0, 0.05) is 12.8 Å². The van der Waals surface area contributed by atoms with E-state index >= 15 is 0 Å². The Hall–Kier alpha value is -1.93. The van der Waals surface area contributed by atoms with Gasteiger partial charge >= 0.3 is 11.9 Å². The van der Waals surface area contributed by atoms with Gasteiger partial charge in [0.1, 0.15) is 0 Å². The van der Waals surface area contributed by atoms with E-state index < -0.39 is 22.1 Å². The number of aryl methyl sites for hydroxylation is 2. The summed E-state index contributed by atoms with van der Waals surface area (Å²) in [5.41, 5.74) is 1.11. The van der Waals surface area contributed by atoms with E-state index in [-0.39, 0.29) is 30.6 Å². The molecule has 0 aliphatic heterocycles. The minimum atomic E-state index is -4.37. The van der Waals surface area contributed by atoms with Gasteiger partial charge in [0.15, 0.2) is 0 Å². The molecule has 0 bridgehead atoms. The third-order valence-electron chi connectivity index (χ3n) is 3.01. The van der Waals surface area contributed by atoms with Crippen molar-refractivity contribution in [1.82, 2.24) is 0 Å². The van der Waals surface area contributed by atoms with Gasteiger partial charge in [-0.05, 0) is 36.1 Å². The molecule has 0 aliphatic rings. The Kier molecular flexibility index (Phi) is 6.51. The second kappa shape index (κ2) is 7.90. The summed E-state index contributed by atoms with van der Waals surface area (Å²) in [5, 5.41) is 0. The molecule has 0 aromatic heterocycles. The quantitative estimate of drug-likeness (QED) is 0.590. The molecule has 7 nitrogen and oxygen atoms in total. The Morgan fingerprint density at radius 3 is 1.68 bits per heavy atom. The average Bonchev–Trinajstić information content (AvgIpc) is 2.49. The smallest absolute Gasteiger partial charge is 0.305 e. The van der Waals surface area contributed by atoms with Gasteiger partial charge in [-0.25, -0.2) is 0 Å². The third kappa shape index (κ3) is 5.82. The largest absolute Gasteiger partial charge is 0.469 e. The second-order valence-electron chi connectivity index (χ2n) is 4.61. The highest BCUT2D eigenvalue weighted by molar-refractivity contribution is 7.85. The fourth-order valence-electron chi connectivity index (χ4n) is 1.86. The van der Waals surface area contributed by atoms with E-state index in [4.69, 9.17) is 0 Å². The van der Waals surface area contributed by atoms with E-state index in [1.165, 1.54) is 26.4 Å². The van der Waals surface area contributed by atoms with Gasteiger partial charge in [0.25, 0.3) is 10.1 Å². The maximum absolute atomic E-state index is 11.3. The molecule has 0 saturated carbocycles. The topological polar surface area (TPSA) is 107 Å². The van der Waals surface area contributed by atoms with Crippen molar-refractivity contribution in [3.05, 3.63) is 29.3 Å². The zero-order chi connectivity index (χ0) is 16.8. The van der Waals surface area contributed by atoms with Crippen molar-refractivity contribution >= 4 is 22.1 Å². The summed E-state index contributed by atoms with van der Waals surface area (Å²) in [6.07, 6.45) is 0.701. The molecule has 0 fully saturated rings. The molecule has 0 unspecified atom stereocenters. The minimum absolute atomic E-state index is 0.0852. The minimum Gasteiger partial charge on any atom is -0.469 e. The van der Waals surface area contributed by atoms with Crippen LogP contribution in [0.25, 0.3) is 0 Å². The van der Waals surface area contributed by atoms with Crippen LogP contribution in [0.3, 0.4) is 0 Å². The zero-order valence-corrected chi connectivity index (χ0v) is 13.2. The fourth-order valence-corrected chi connectivity index (χ4v) is 2.46. The van der Waals surface area contributed by atoms with Crippen molar-refractivity contribution in [2.45, 2.75) is 30.6 Å². The fraction of sp³-hybridized carbons (Fsp3) is 0.429. The number of carbonyl (C=O) groups is 2. The number of hydrogen-bond donors (Lipinski definition) is 1. The van der Waals surface area contributed by atoms with E-state index in [2.05, 4.69) is 9.47 Å². The highest BCUT2D eigenvalue weighted by atomic mass is 32.2. The number of ether oxygens (including phenoxy) is 2. The van der Waals surface area contributed by atoms with Crippen LogP contribution in [0.4, 0.5) is 0 Å². The molecule has 0 amide bonds. The normalized spacial score (nSPS) is 11.0. The van der Waals surface area contributed by atoms with Crippen molar-refractivity contribution in [1.29, 1.82) is 0 Å². The Labute approximate surface area is 129 Å². The first-order valence-electron chi connectivity index (χ1n) is 6.50. The standard InChI is InChI=1S/C14H18O7S/c1-20-13(15)5-3-10-7-11(4-6-14(16)21-2)9-12(8-10)22(17,18)19/h7-9H,3-6H2,1-2H3,(H,17,18,19). The molecular formula is C14H18O7S. The average molecular weight is 330 g/mol. The Bertz CT molecular complexity index is 611. The van der Waals surface area contributed by atoms with Crippen LogP contribution in [-0.4, -0.2) is 39.1 Å². The summed E-state index contributed by atoms with van der Waals surface area (Å²) in [7, 11) is -1.84. The maximum Gasteiger partial charge on any atom is 0.305 e. The first-order chi connectivity index (χ1) is 10.3. The van der Waals surface area contributed by atoms with E-state index in [1.54, 1.807) is 6.07 Å². The second-order valence-corrected chi connectivity index (χ2v) is 6.03. The molecule has 122 valence electrons. The van der Waals surface area contributed by atoms with E-state index in [1.807, 2.05) is 0 Å². The lowest BCUT2D eigenvalue weighted by atomic mass is 10.0. The molecule has 1 rings (SSSR count). The van der Waals surface area contributed by atoms with Crippen molar-refractivity contribution in [2.75, 3.05) is 14.2 Å². The molecule has 1 N–H and O–H groups in total. The van der Waals surface area contributed by atoms with Crippen molar-refractivity contribution in [3.8, 4) is 0 Å². The van der Waals surface area contributed by atoms with Crippen LogP contribution in [0, 0.1) is 0 Å². The van der Waals surface area contributed by atoms with Crippen LogP contribution < -0.4 is 0 Å². The van der Waals surface area contributed by atoms with Gasteiger partial charge in [-0.2, -0.15) is 8.42 Å². The van der Waals surface area contributed by atoms with E-state index in [0.717, 1.165) is 0 Å². The number of carbonyl (C=O) groups excluding carboxylic acids is 2. The van der Waals surface area contributed by atoms with Crippen LogP contribution in [0.15, 0.2) is 23.1 Å². The van der Waals surface area contributed by atoms with E-state index in [9.17, 15) is 22.6 Å². The predicted octanol–water partition coefficient (Wildman–Crippen LogP) is 1.14. The molecule has 0 atom stereocenters. The number of rotatable bonds is 7. The van der Waals surface area contributed by atoms with Gasteiger partial charge < -0.3 is 9.47 Å². The number of hydrogen-bond acceptors (Lipinski definition) is 6. The lowest BCUT2D eigenvalue weighted by molar-refractivity contribution is -0.141. The molecule has 22 heavy (non-hydrogen) atoms. The van der Waals surface area contributed by atoms with E-state index in [0.29, 0.717) is 11.1 Å². The Balaban J connectivity index is 3.00. The summed E-state index contributed by atoms with van der Waals surface area (Å²) >= 11 is 0. The molecule has 0 spiro atoms. The monoisotopic (exact) mass is 330 g/mol. The predicted molar refractivity (Wildman–Crippen MR) is 76.9 cm³/mol. The zero-order valence-electron chi connectivity index (χ0n) is 12.4. The summed E-state index contributed by atoms with van der Waals surface area (Å²) in [6, 6.07) is 4.26. The highest BCUT2D eigenvalue weighted by Crippen LogP contribution is 2.18. The van der Waals surface area contributed by atoms with Gasteiger partial charge in [-0.1, -0.05) is 6.07 Å². The van der Waals surface area contributed by atoms with Crippen LogP contribution in [-0.2, 0) is 42.0 Å². The molecule has 8 heteroatoms. The van der Waals surface area contributed by atoms with Crippen molar-refractivity contribution in [3.63, 3.8) is 0 Å².